The molecule has 2 aromatic heterocycles. The third-order valence-electron chi connectivity index (χ3n) is 2.79. The number of hydrogen-bond donors (Lipinski definition) is 3. The molecule has 0 aliphatic heterocycles. The van der Waals surface area contributed by atoms with Gasteiger partial charge < -0.3 is 24.6 Å². The summed E-state index contributed by atoms with van der Waals surface area (Å²) in [6.07, 6.45) is 0.904. The summed E-state index contributed by atoms with van der Waals surface area (Å²) in [5.41, 5.74) is 0. The average Bonchev–Trinajstić information content (AvgIpc) is 3.10. The van der Waals surface area contributed by atoms with E-state index in [1.54, 1.807) is 19.4 Å². The number of aliphatic hydroxyl groups is 1. The summed E-state index contributed by atoms with van der Waals surface area (Å²) in [6.45, 7) is 2.68. The quantitative estimate of drug-likeness (QED) is 0.571. The van der Waals surface area contributed by atoms with Crippen molar-refractivity contribution < 1.29 is 13.9 Å². The standard InChI is InChI=1S/C14H19N3O3/c1-10-5-6-13(20-10)12(18)9-17-14(15-2)16-8-11-4-3-7-19-11/h3-7,12,18H,8-9H2,1-2H3,(H2,15,16,17). The summed E-state index contributed by atoms with van der Waals surface area (Å²) >= 11 is 0. The van der Waals surface area contributed by atoms with Gasteiger partial charge in [0.1, 0.15) is 23.4 Å². The molecule has 0 aromatic carbocycles. The van der Waals surface area contributed by atoms with Gasteiger partial charge in [0.25, 0.3) is 0 Å². The predicted octanol–water partition coefficient (Wildman–Crippen LogP) is 1.58. The van der Waals surface area contributed by atoms with Crippen molar-refractivity contribution >= 4 is 5.96 Å². The number of aryl methyl sites for hydroxylation is 1. The molecule has 0 amide bonds. The third kappa shape index (κ3) is 3.89. The van der Waals surface area contributed by atoms with E-state index < -0.39 is 6.10 Å². The molecular formula is C14H19N3O3. The first-order valence-electron chi connectivity index (χ1n) is 6.40. The lowest BCUT2D eigenvalue weighted by Crippen LogP contribution is -2.38. The van der Waals surface area contributed by atoms with Crippen LogP contribution in [0.3, 0.4) is 0 Å². The van der Waals surface area contributed by atoms with Crippen molar-refractivity contribution in [3.63, 3.8) is 0 Å². The van der Waals surface area contributed by atoms with Crippen molar-refractivity contribution in [1.82, 2.24) is 10.6 Å². The maximum absolute atomic E-state index is 9.97. The average molecular weight is 277 g/mol. The normalized spacial score (nSPS) is 13.2. The van der Waals surface area contributed by atoms with E-state index in [1.807, 2.05) is 25.1 Å². The van der Waals surface area contributed by atoms with Crippen LogP contribution in [0.1, 0.15) is 23.4 Å². The van der Waals surface area contributed by atoms with Crippen LogP contribution in [-0.4, -0.2) is 24.7 Å². The molecule has 0 saturated heterocycles. The second kappa shape index (κ2) is 6.81. The number of hydrogen-bond acceptors (Lipinski definition) is 4. The molecule has 20 heavy (non-hydrogen) atoms. The number of nitrogens with one attached hydrogen (secondary N) is 2. The molecule has 0 spiro atoms. The second-order valence-electron chi connectivity index (χ2n) is 4.35. The summed E-state index contributed by atoms with van der Waals surface area (Å²) in [6, 6.07) is 7.29. The Morgan fingerprint density at radius 2 is 2.20 bits per heavy atom. The van der Waals surface area contributed by atoms with E-state index in [2.05, 4.69) is 15.6 Å². The Labute approximate surface area is 117 Å². The van der Waals surface area contributed by atoms with Crippen LogP contribution in [0.25, 0.3) is 0 Å². The first-order chi connectivity index (χ1) is 9.69. The van der Waals surface area contributed by atoms with Gasteiger partial charge in [-0.1, -0.05) is 0 Å². The highest BCUT2D eigenvalue weighted by Gasteiger charge is 2.12. The molecule has 0 aliphatic rings. The Kier molecular flexibility index (Phi) is 4.84. The van der Waals surface area contributed by atoms with Gasteiger partial charge in [0.2, 0.25) is 0 Å². The Balaban J connectivity index is 1.79. The summed E-state index contributed by atoms with van der Waals surface area (Å²) in [4.78, 5) is 4.07. The molecule has 1 atom stereocenters. The first kappa shape index (κ1) is 14.2. The van der Waals surface area contributed by atoms with Crippen molar-refractivity contribution in [1.29, 1.82) is 0 Å². The molecule has 6 nitrogen and oxygen atoms in total. The zero-order valence-electron chi connectivity index (χ0n) is 11.6. The topological polar surface area (TPSA) is 82.9 Å². The van der Waals surface area contributed by atoms with Crippen LogP contribution in [0.4, 0.5) is 0 Å². The highest BCUT2D eigenvalue weighted by atomic mass is 16.4. The third-order valence-corrected chi connectivity index (χ3v) is 2.79. The van der Waals surface area contributed by atoms with Crippen LogP contribution in [0.15, 0.2) is 44.4 Å². The Morgan fingerprint density at radius 3 is 2.80 bits per heavy atom. The molecule has 2 heterocycles. The van der Waals surface area contributed by atoms with Gasteiger partial charge in [-0.05, 0) is 31.2 Å². The van der Waals surface area contributed by atoms with E-state index in [0.717, 1.165) is 11.5 Å². The number of aliphatic imine (C=N–C) groups is 1. The summed E-state index contributed by atoms with van der Waals surface area (Å²) in [5.74, 6) is 2.72. The summed E-state index contributed by atoms with van der Waals surface area (Å²) in [7, 11) is 1.67. The molecular weight excluding hydrogens is 258 g/mol. The van der Waals surface area contributed by atoms with Crippen molar-refractivity contribution in [3.8, 4) is 0 Å². The highest BCUT2D eigenvalue weighted by Crippen LogP contribution is 2.14. The SMILES string of the molecule is CN=C(NCc1ccco1)NCC(O)c1ccc(C)o1. The molecule has 108 valence electrons. The van der Waals surface area contributed by atoms with E-state index >= 15 is 0 Å². The largest absolute Gasteiger partial charge is 0.467 e. The lowest BCUT2D eigenvalue weighted by atomic mass is 10.3. The molecule has 0 saturated carbocycles. The van der Waals surface area contributed by atoms with E-state index in [0.29, 0.717) is 24.8 Å². The number of furan rings is 2. The van der Waals surface area contributed by atoms with Gasteiger partial charge in [0.05, 0.1) is 19.4 Å². The van der Waals surface area contributed by atoms with Crippen molar-refractivity contribution in [2.24, 2.45) is 4.99 Å². The number of guanidine groups is 1. The van der Waals surface area contributed by atoms with Gasteiger partial charge in [-0.25, -0.2) is 0 Å². The zero-order chi connectivity index (χ0) is 14.4. The summed E-state index contributed by atoms with van der Waals surface area (Å²) in [5, 5.41) is 16.1. The fraction of sp³-hybridized carbons (Fsp3) is 0.357. The monoisotopic (exact) mass is 277 g/mol. The molecule has 3 N–H and O–H groups in total. The molecule has 0 bridgehead atoms. The van der Waals surface area contributed by atoms with Crippen molar-refractivity contribution in [2.75, 3.05) is 13.6 Å². The van der Waals surface area contributed by atoms with Gasteiger partial charge in [-0.3, -0.25) is 4.99 Å². The van der Waals surface area contributed by atoms with Gasteiger partial charge in [-0.15, -0.1) is 0 Å². The zero-order valence-corrected chi connectivity index (χ0v) is 11.6. The molecule has 0 radical (unpaired) electrons. The van der Waals surface area contributed by atoms with Gasteiger partial charge in [-0.2, -0.15) is 0 Å². The van der Waals surface area contributed by atoms with Crippen molar-refractivity contribution in [3.05, 3.63) is 47.8 Å². The van der Waals surface area contributed by atoms with E-state index in [9.17, 15) is 5.11 Å². The van der Waals surface area contributed by atoms with Crippen molar-refractivity contribution in [2.45, 2.75) is 19.6 Å². The maximum atomic E-state index is 9.97. The molecule has 6 heteroatoms. The molecule has 0 fully saturated rings. The Morgan fingerprint density at radius 1 is 1.35 bits per heavy atom. The van der Waals surface area contributed by atoms with Crippen LogP contribution in [0, 0.1) is 6.92 Å². The maximum Gasteiger partial charge on any atom is 0.191 e. The fourth-order valence-electron chi connectivity index (χ4n) is 1.73. The van der Waals surface area contributed by atoms with Crippen LogP contribution < -0.4 is 10.6 Å². The molecule has 2 rings (SSSR count). The fourth-order valence-corrected chi connectivity index (χ4v) is 1.73. The minimum absolute atomic E-state index is 0.310. The van der Waals surface area contributed by atoms with Crippen LogP contribution in [0.5, 0.6) is 0 Å². The van der Waals surface area contributed by atoms with Crippen LogP contribution >= 0.6 is 0 Å². The predicted molar refractivity (Wildman–Crippen MR) is 75.3 cm³/mol. The molecule has 1 unspecified atom stereocenters. The Bertz CT molecular complexity index is 546. The summed E-state index contributed by atoms with van der Waals surface area (Å²) < 4.78 is 10.6. The minimum atomic E-state index is -0.717. The Hall–Kier alpha value is -2.21. The number of nitrogens with zero attached hydrogens (tertiary/aromatic N) is 1. The first-order valence-corrected chi connectivity index (χ1v) is 6.40. The van der Waals surface area contributed by atoms with Crippen LogP contribution in [0.2, 0.25) is 0 Å². The number of rotatable bonds is 5. The lowest BCUT2D eigenvalue weighted by Gasteiger charge is -2.13. The van der Waals surface area contributed by atoms with Gasteiger partial charge in [0, 0.05) is 7.05 Å². The van der Waals surface area contributed by atoms with Crippen LogP contribution in [-0.2, 0) is 6.54 Å². The smallest absolute Gasteiger partial charge is 0.191 e. The van der Waals surface area contributed by atoms with E-state index in [-0.39, 0.29) is 0 Å². The minimum Gasteiger partial charge on any atom is -0.467 e. The highest BCUT2D eigenvalue weighted by molar-refractivity contribution is 5.79. The molecule has 2 aromatic rings. The second-order valence-corrected chi connectivity index (χ2v) is 4.35. The van der Waals surface area contributed by atoms with E-state index in [4.69, 9.17) is 8.83 Å². The van der Waals surface area contributed by atoms with E-state index in [1.165, 1.54) is 0 Å². The number of aliphatic hydroxyl groups excluding tert-OH is 1. The van der Waals surface area contributed by atoms with Gasteiger partial charge >= 0.3 is 0 Å². The lowest BCUT2D eigenvalue weighted by molar-refractivity contribution is 0.151. The van der Waals surface area contributed by atoms with Gasteiger partial charge in [0.15, 0.2) is 5.96 Å². The molecule has 0 aliphatic carbocycles.